The largest absolute Gasteiger partial charge is 0.550 e. The van der Waals surface area contributed by atoms with E-state index in [9.17, 15) is 18.3 Å². The number of rotatable bonds is 6. The lowest BCUT2D eigenvalue weighted by Crippen LogP contribution is -2.24. The van der Waals surface area contributed by atoms with Gasteiger partial charge in [0, 0.05) is 18.1 Å². The molecule has 2 aromatic rings. The van der Waals surface area contributed by atoms with E-state index in [1.807, 2.05) is 0 Å². The van der Waals surface area contributed by atoms with Crippen LogP contribution in [-0.4, -0.2) is 21.5 Å². The fraction of sp³-hybridized carbons (Fsp3) is 0.188. The Morgan fingerprint density at radius 3 is 2.35 bits per heavy atom. The van der Waals surface area contributed by atoms with E-state index in [0.717, 1.165) is 0 Å². The van der Waals surface area contributed by atoms with Crippen molar-refractivity contribution in [2.75, 3.05) is 11.8 Å². The molecule has 0 spiro atoms. The molecule has 7 heteroatoms. The number of methoxy groups -OCH3 is 1. The maximum absolute atomic E-state index is 12.4. The molecular weight excluding hydrogens is 318 g/mol. The number of hydrogen-bond acceptors (Lipinski definition) is 5. The normalized spacial score (nSPS) is 11.0. The smallest absolute Gasteiger partial charge is 0.261 e. The number of aryl methyl sites for hydroxylation is 1. The second-order valence-electron chi connectivity index (χ2n) is 4.98. The summed E-state index contributed by atoms with van der Waals surface area (Å²) in [7, 11) is -2.21. The number of aliphatic carboxylic acids is 1. The fourth-order valence-corrected chi connectivity index (χ4v) is 3.23. The van der Waals surface area contributed by atoms with Crippen LogP contribution in [0.4, 0.5) is 5.69 Å². The van der Waals surface area contributed by atoms with Crippen molar-refractivity contribution < 1.29 is 23.1 Å². The maximum Gasteiger partial charge on any atom is 0.261 e. The standard InChI is InChI=1S/C16H17NO5S/c1-11-9-14(7-8-15(11)22-2)23(20,21)17-13-5-3-12(4-6-13)10-16(18)19/h3-9,17H,10H2,1-2H3,(H,18,19)/p-1. The highest BCUT2D eigenvalue weighted by atomic mass is 32.2. The molecule has 2 aromatic carbocycles. The van der Waals surface area contributed by atoms with Crippen molar-refractivity contribution in [2.45, 2.75) is 18.2 Å². The summed E-state index contributed by atoms with van der Waals surface area (Å²) in [6.45, 7) is 1.76. The first-order chi connectivity index (χ1) is 10.8. The zero-order valence-electron chi connectivity index (χ0n) is 12.7. The summed E-state index contributed by atoms with van der Waals surface area (Å²) >= 11 is 0. The zero-order valence-corrected chi connectivity index (χ0v) is 13.5. The Bertz CT molecular complexity index is 813. The quantitative estimate of drug-likeness (QED) is 0.853. The molecule has 0 unspecified atom stereocenters. The molecule has 0 aliphatic heterocycles. The molecule has 0 fully saturated rings. The van der Waals surface area contributed by atoms with Crippen molar-refractivity contribution in [1.82, 2.24) is 0 Å². The minimum atomic E-state index is -3.73. The molecule has 0 saturated carbocycles. The highest BCUT2D eigenvalue weighted by molar-refractivity contribution is 7.92. The van der Waals surface area contributed by atoms with Crippen LogP contribution in [0.15, 0.2) is 47.4 Å². The number of sulfonamides is 1. The Labute approximate surface area is 134 Å². The van der Waals surface area contributed by atoms with Crippen molar-refractivity contribution in [3.63, 3.8) is 0 Å². The Balaban J connectivity index is 2.20. The van der Waals surface area contributed by atoms with Gasteiger partial charge in [0.15, 0.2) is 0 Å². The molecule has 1 N–H and O–H groups in total. The van der Waals surface area contributed by atoms with Crippen LogP contribution in [0.1, 0.15) is 11.1 Å². The number of carbonyl (C=O) groups excluding carboxylic acids is 1. The van der Waals surface area contributed by atoms with Crippen molar-refractivity contribution in [3.8, 4) is 5.75 Å². The van der Waals surface area contributed by atoms with E-state index < -0.39 is 16.0 Å². The van der Waals surface area contributed by atoms with E-state index in [1.54, 1.807) is 13.0 Å². The molecule has 0 saturated heterocycles. The summed E-state index contributed by atoms with van der Waals surface area (Å²) in [4.78, 5) is 10.6. The number of ether oxygens (including phenoxy) is 1. The fourth-order valence-electron chi connectivity index (χ4n) is 2.09. The topological polar surface area (TPSA) is 95.5 Å². The van der Waals surface area contributed by atoms with Crippen LogP contribution in [-0.2, 0) is 21.2 Å². The SMILES string of the molecule is COc1ccc(S(=O)(=O)Nc2ccc(CC(=O)[O-])cc2)cc1C. The number of hydrogen-bond donors (Lipinski definition) is 1. The van der Waals surface area contributed by atoms with Gasteiger partial charge in [0.2, 0.25) is 0 Å². The molecule has 0 atom stereocenters. The molecule has 6 nitrogen and oxygen atoms in total. The van der Waals surface area contributed by atoms with E-state index in [2.05, 4.69) is 4.72 Å². The van der Waals surface area contributed by atoms with Crippen LogP contribution < -0.4 is 14.6 Å². The Hall–Kier alpha value is -2.54. The molecule has 0 radical (unpaired) electrons. The predicted molar refractivity (Wildman–Crippen MR) is 83.7 cm³/mol. The third-order valence-electron chi connectivity index (χ3n) is 3.23. The van der Waals surface area contributed by atoms with E-state index in [0.29, 0.717) is 22.6 Å². The predicted octanol–water partition coefficient (Wildman–Crippen LogP) is 1.10. The minimum absolute atomic E-state index is 0.120. The van der Waals surface area contributed by atoms with Gasteiger partial charge in [0.1, 0.15) is 5.75 Å². The molecule has 23 heavy (non-hydrogen) atoms. The molecular formula is C16H16NO5S-. The van der Waals surface area contributed by atoms with Gasteiger partial charge in [-0.1, -0.05) is 12.1 Å². The zero-order chi connectivity index (χ0) is 17.0. The van der Waals surface area contributed by atoms with Crippen molar-refractivity contribution in [3.05, 3.63) is 53.6 Å². The molecule has 0 aromatic heterocycles. The average molecular weight is 334 g/mol. The minimum Gasteiger partial charge on any atom is -0.550 e. The summed E-state index contributed by atoms with van der Waals surface area (Å²) in [6, 6.07) is 10.6. The lowest BCUT2D eigenvalue weighted by molar-refractivity contribution is -0.304. The Morgan fingerprint density at radius 1 is 1.17 bits per heavy atom. The van der Waals surface area contributed by atoms with Crippen LogP contribution in [0.2, 0.25) is 0 Å². The van der Waals surface area contributed by atoms with Gasteiger partial charge >= 0.3 is 0 Å². The first-order valence-electron chi connectivity index (χ1n) is 6.78. The van der Waals surface area contributed by atoms with E-state index in [-0.39, 0.29) is 11.3 Å². The number of carboxylic acids is 1. The van der Waals surface area contributed by atoms with Crippen LogP contribution in [0.3, 0.4) is 0 Å². The monoisotopic (exact) mass is 334 g/mol. The second kappa shape index (κ2) is 6.70. The van der Waals surface area contributed by atoms with E-state index >= 15 is 0 Å². The van der Waals surface area contributed by atoms with Crippen LogP contribution >= 0.6 is 0 Å². The van der Waals surface area contributed by atoms with Gasteiger partial charge in [-0.25, -0.2) is 8.42 Å². The van der Waals surface area contributed by atoms with Gasteiger partial charge < -0.3 is 14.6 Å². The first kappa shape index (κ1) is 16.8. The highest BCUT2D eigenvalue weighted by Crippen LogP contribution is 2.23. The van der Waals surface area contributed by atoms with Crippen molar-refractivity contribution in [2.24, 2.45) is 0 Å². The van der Waals surface area contributed by atoms with Gasteiger partial charge in [-0.2, -0.15) is 0 Å². The summed E-state index contributed by atoms with van der Waals surface area (Å²) in [6.07, 6.45) is -0.218. The van der Waals surface area contributed by atoms with Gasteiger partial charge in [-0.05, 0) is 48.4 Å². The van der Waals surface area contributed by atoms with Crippen LogP contribution in [0.25, 0.3) is 0 Å². The third-order valence-corrected chi connectivity index (χ3v) is 4.61. The summed E-state index contributed by atoms with van der Waals surface area (Å²) in [5, 5.41) is 10.5. The lowest BCUT2D eigenvalue weighted by atomic mass is 10.1. The maximum atomic E-state index is 12.4. The average Bonchev–Trinajstić information content (AvgIpc) is 2.48. The molecule has 0 aliphatic rings. The van der Waals surface area contributed by atoms with Gasteiger partial charge in [-0.15, -0.1) is 0 Å². The van der Waals surface area contributed by atoms with Crippen molar-refractivity contribution in [1.29, 1.82) is 0 Å². The third kappa shape index (κ3) is 4.23. The molecule has 0 aliphatic carbocycles. The molecule has 2 rings (SSSR count). The second-order valence-corrected chi connectivity index (χ2v) is 6.67. The van der Waals surface area contributed by atoms with Crippen LogP contribution in [0.5, 0.6) is 5.75 Å². The number of carboxylic acid groups (broad SMARTS) is 1. The molecule has 122 valence electrons. The van der Waals surface area contributed by atoms with Crippen LogP contribution in [0, 0.1) is 6.92 Å². The van der Waals surface area contributed by atoms with Gasteiger partial charge in [0.25, 0.3) is 10.0 Å². The van der Waals surface area contributed by atoms with Gasteiger partial charge in [0.05, 0.1) is 12.0 Å². The van der Waals surface area contributed by atoms with Gasteiger partial charge in [-0.3, -0.25) is 4.72 Å². The Kier molecular flexibility index (Phi) is 4.90. The molecule has 0 heterocycles. The number of anilines is 1. The highest BCUT2D eigenvalue weighted by Gasteiger charge is 2.15. The summed E-state index contributed by atoms with van der Waals surface area (Å²) in [5.74, 6) is -0.581. The summed E-state index contributed by atoms with van der Waals surface area (Å²) < 4.78 is 32.3. The Morgan fingerprint density at radius 2 is 1.83 bits per heavy atom. The molecule has 0 amide bonds. The number of nitrogens with one attached hydrogen (secondary N) is 1. The molecule has 0 bridgehead atoms. The summed E-state index contributed by atoms with van der Waals surface area (Å²) in [5.41, 5.74) is 1.59. The number of carbonyl (C=O) groups is 1. The van der Waals surface area contributed by atoms with E-state index in [1.165, 1.54) is 43.5 Å². The van der Waals surface area contributed by atoms with Crippen molar-refractivity contribution >= 4 is 21.7 Å². The lowest BCUT2D eigenvalue weighted by Gasteiger charge is -2.11. The van der Waals surface area contributed by atoms with E-state index in [4.69, 9.17) is 4.74 Å². The first-order valence-corrected chi connectivity index (χ1v) is 8.26. The number of benzene rings is 2.